The number of rotatable bonds is 6. The van der Waals surface area contributed by atoms with E-state index in [2.05, 4.69) is 4.98 Å². The summed E-state index contributed by atoms with van der Waals surface area (Å²) in [5.41, 5.74) is 0.630. The third kappa shape index (κ3) is 4.61. The average molecular weight is 350 g/mol. The molecule has 1 saturated carbocycles. The monoisotopic (exact) mass is 350 g/mol. The van der Waals surface area contributed by atoms with E-state index >= 15 is 0 Å². The fraction of sp³-hybridized carbons (Fsp3) is 0.684. The normalized spacial score (nSPS) is 25.3. The maximum Gasteiger partial charge on any atom is 0.410 e. The molecule has 2 heterocycles. The van der Waals surface area contributed by atoms with Crippen LogP contribution in [0.3, 0.4) is 0 Å². The van der Waals surface area contributed by atoms with Crippen LogP contribution >= 0.6 is 0 Å². The Morgan fingerprint density at radius 3 is 2.84 bits per heavy atom. The molecule has 5 nitrogen and oxygen atoms in total. The third-order valence-corrected chi connectivity index (χ3v) is 4.78. The molecule has 1 amide bonds. The van der Waals surface area contributed by atoms with Crippen LogP contribution in [0.15, 0.2) is 18.5 Å². The summed E-state index contributed by atoms with van der Waals surface area (Å²) >= 11 is 0. The molecule has 0 N–H and O–H groups in total. The minimum Gasteiger partial charge on any atom is -0.490 e. The lowest BCUT2D eigenvalue weighted by Gasteiger charge is -2.40. The van der Waals surface area contributed by atoms with Crippen molar-refractivity contribution >= 4 is 6.09 Å². The van der Waals surface area contributed by atoms with Crippen LogP contribution in [0.1, 0.15) is 51.5 Å². The Kier molecular flexibility index (Phi) is 5.16. The number of hydrogen-bond acceptors (Lipinski definition) is 4. The van der Waals surface area contributed by atoms with E-state index in [1.807, 2.05) is 33.0 Å². The Morgan fingerprint density at radius 2 is 2.20 bits per heavy atom. The van der Waals surface area contributed by atoms with E-state index < -0.39 is 5.60 Å². The molecule has 2 aliphatic rings. The highest BCUT2D eigenvalue weighted by atomic mass is 19.1. The smallest absolute Gasteiger partial charge is 0.410 e. The van der Waals surface area contributed by atoms with Crippen molar-refractivity contribution < 1.29 is 18.7 Å². The van der Waals surface area contributed by atoms with Crippen molar-refractivity contribution in [2.45, 2.75) is 57.6 Å². The number of halogens is 1. The van der Waals surface area contributed by atoms with Crippen LogP contribution in [0.2, 0.25) is 0 Å². The molecule has 3 atom stereocenters. The van der Waals surface area contributed by atoms with Gasteiger partial charge in [0, 0.05) is 12.7 Å². The van der Waals surface area contributed by atoms with Crippen molar-refractivity contribution in [2.75, 3.05) is 19.8 Å². The quantitative estimate of drug-likeness (QED) is 0.780. The number of aromatic nitrogens is 1. The second-order valence-corrected chi connectivity index (χ2v) is 7.96. The van der Waals surface area contributed by atoms with Crippen molar-refractivity contribution in [1.29, 1.82) is 0 Å². The van der Waals surface area contributed by atoms with Crippen LogP contribution in [0.25, 0.3) is 0 Å². The van der Waals surface area contributed by atoms with Crippen LogP contribution in [0.4, 0.5) is 9.18 Å². The molecule has 0 unspecified atom stereocenters. The summed E-state index contributed by atoms with van der Waals surface area (Å²) in [5.74, 6) is 1.56. The van der Waals surface area contributed by atoms with Gasteiger partial charge in [0.05, 0.1) is 18.9 Å². The largest absolute Gasteiger partial charge is 0.490 e. The van der Waals surface area contributed by atoms with Gasteiger partial charge in [-0.05, 0) is 63.5 Å². The summed E-state index contributed by atoms with van der Waals surface area (Å²) in [4.78, 5) is 18.1. The molecule has 1 saturated heterocycles. The summed E-state index contributed by atoms with van der Waals surface area (Å²) < 4.78 is 23.7. The minimum absolute atomic E-state index is 0.0405. The fourth-order valence-corrected chi connectivity index (χ4v) is 3.20. The molecule has 0 spiro atoms. The van der Waals surface area contributed by atoms with Crippen LogP contribution in [0, 0.1) is 5.92 Å². The first-order valence-electron chi connectivity index (χ1n) is 9.00. The number of pyridine rings is 1. The van der Waals surface area contributed by atoms with Gasteiger partial charge in [0.25, 0.3) is 0 Å². The van der Waals surface area contributed by atoms with Crippen LogP contribution in [-0.2, 0) is 4.74 Å². The second-order valence-electron chi connectivity index (χ2n) is 7.96. The van der Waals surface area contributed by atoms with Gasteiger partial charge in [-0.2, -0.15) is 0 Å². The van der Waals surface area contributed by atoms with E-state index in [0.29, 0.717) is 37.2 Å². The Hall–Kier alpha value is -1.85. The number of carbonyl (C=O) groups is 1. The average Bonchev–Trinajstić information content (AvgIpc) is 3.24. The number of hydrogen-bond donors (Lipinski definition) is 0. The Balaban J connectivity index is 1.50. The summed E-state index contributed by atoms with van der Waals surface area (Å²) in [6.07, 6.45) is 5.81. The number of amides is 1. The van der Waals surface area contributed by atoms with E-state index in [1.165, 1.54) is 0 Å². The predicted molar refractivity (Wildman–Crippen MR) is 92.5 cm³/mol. The molecule has 3 rings (SSSR count). The van der Waals surface area contributed by atoms with Crippen LogP contribution in [-0.4, -0.2) is 47.4 Å². The van der Waals surface area contributed by atoms with Gasteiger partial charge in [-0.3, -0.25) is 9.37 Å². The highest BCUT2D eigenvalue weighted by Crippen LogP contribution is 2.49. The molecule has 25 heavy (non-hydrogen) atoms. The second kappa shape index (κ2) is 7.18. The molecule has 1 aromatic heterocycles. The van der Waals surface area contributed by atoms with Gasteiger partial charge >= 0.3 is 6.09 Å². The highest BCUT2D eigenvalue weighted by molar-refractivity contribution is 5.69. The maximum absolute atomic E-state index is 12.4. The van der Waals surface area contributed by atoms with E-state index in [1.54, 1.807) is 11.1 Å². The van der Waals surface area contributed by atoms with Crippen LogP contribution in [0.5, 0.6) is 5.75 Å². The summed E-state index contributed by atoms with van der Waals surface area (Å²) in [5, 5.41) is 0. The van der Waals surface area contributed by atoms with Crippen molar-refractivity contribution in [2.24, 2.45) is 5.92 Å². The van der Waals surface area contributed by atoms with Gasteiger partial charge in [0.15, 0.2) is 0 Å². The Labute approximate surface area is 148 Å². The lowest BCUT2D eigenvalue weighted by atomic mass is 10.1. The first-order valence-corrected chi connectivity index (χ1v) is 9.00. The molecule has 0 aromatic carbocycles. The number of ether oxygens (including phenoxy) is 2. The number of carbonyl (C=O) groups excluding carboxylic acids is 1. The minimum atomic E-state index is -0.489. The van der Waals surface area contributed by atoms with E-state index in [-0.39, 0.29) is 18.8 Å². The zero-order valence-corrected chi connectivity index (χ0v) is 15.2. The van der Waals surface area contributed by atoms with Gasteiger partial charge in [-0.25, -0.2) is 4.79 Å². The topological polar surface area (TPSA) is 51.7 Å². The van der Waals surface area contributed by atoms with Crippen molar-refractivity contribution in [1.82, 2.24) is 9.88 Å². The Bertz CT molecular complexity index is 617. The van der Waals surface area contributed by atoms with E-state index in [0.717, 1.165) is 18.4 Å². The SMILES string of the molecule is CC(C)(C)OC(=O)N1CC[C@H]1COc1cncc([C@H]2C[C@H]2CCF)c1. The predicted octanol–water partition coefficient (Wildman–Crippen LogP) is 3.93. The van der Waals surface area contributed by atoms with Crippen molar-refractivity contribution in [3.05, 3.63) is 24.0 Å². The van der Waals surface area contributed by atoms with E-state index in [4.69, 9.17) is 9.47 Å². The van der Waals surface area contributed by atoms with Gasteiger partial charge in [0.2, 0.25) is 0 Å². The number of alkyl halides is 1. The fourth-order valence-electron chi connectivity index (χ4n) is 3.20. The van der Waals surface area contributed by atoms with Gasteiger partial charge in [-0.15, -0.1) is 0 Å². The lowest BCUT2D eigenvalue weighted by molar-refractivity contribution is -0.0141. The molecule has 0 bridgehead atoms. The standard InChI is InChI=1S/C19H27FN2O3/c1-19(2,3)25-18(23)22-7-5-15(22)12-24-16-8-14(10-21-11-16)17-9-13(17)4-6-20/h8,10-11,13,15,17H,4-7,9,12H2,1-3H3/t13-,15+,17+/m1/s1. The first-order chi connectivity index (χ1) is 11.9. The maximum atomic E-state index is 12.4. The zero-order chi connectivity index (χ0) is 18.0. The molecular weight excluding hydrogens is 323 g/mol. The summed E-state index contributed by atoms with van der Waals surface area (Å²) in [6.45, 7) is 6.47. The number of likely N-dealkylation sites (tertiary alicyclic amines) is 1. The molecule has 1 aliphatic carbocycles. The Morgan fingerprint density at radius 1 is 1.40 bits per heavy atom. The van der Waals surface area contributed by atoms with Gasteiger partial charge in [-0.1, -0.05) is 0 Å². The zero-order valence-electron chi connectivity index (χ0n) is 15.2. The van der Waals surface area contributed by atoms with Gasteiger partial charge < -0.3 is 14.4 Å². The molecule has 6 heteroatoms. The summed E-state index contributed by atoms with van der Waals surface area (Å²) in [6, 6.07) is 2.03. The molecule has 1 aliphatic heterocycles. The lowest BCUT2D eigenvalue weighted by Crippen LogP contribution is -2.55. The van der Waals surface area contributed by atoms with Crippen molar-refractivity contribution in [3.8, 4) is 5.75 Å². The molecule has 1 aromatic rings. The molecule has 2 fully saturated rings. The highest BCUT2D eigenvalue weighted by Gasteiger charge is 2.38. The number of nitrogens with zero attached hydrogens (tertiary/aromatic N) is 2. The summed E-state index contributed by atoms with van der Waals surface area (Å²) in [7, 11) is 0. The van der Waals surface area contributed by atoms with Crippen LogP contribution < -0.4 is 4.74 Å². The first kappa shape index (κ1) is 18.0. The van der Waals surface area contributed by atoms with E-state index in [9.17, 15) is 9.18 Å². The van der Waals surface area contributed by atoms with Gasteiger partial charge in [0.1, 0.15) is 18.0 Å². The molecule has 0 radical (unpaired) electrons. The van der Waals surface area contributed by atoms with Crippen molar-refractivity contribution in [3.63, 3.8) is 0 Å². The molecule has 138 valence electrons. The third-order valence-electron chi connectivity index (χ3n) is 4.78. The molecular formula is C19H27FN2O3.